The van der Waals surface area contributed by atoms with Crippen LogP contribution in [0.5, 0.6) is 11.5 Å². The van der Waals surface area contributed by atoms with Gasteiger partial charge in [-0.15, -0.1) is 0 Å². The number of hydrogen-bond donors (Lipinski definition) is 4. The number of nitrogens with zero attached hydrogens (tertiary/aromatic N) is 1. The van der Waals surface area contributed by atoms with Crippen LogP contribution in [0.2, 0.25) is 5.02 Å². The lowest BCUT2D eigenvalue weighted by Crippen LogP contribution is -2.53. The van der Waals surface area contributed by atoms with Gasteiger partial charge in [-0.05, 0) is 48.2 Å². The van der Waals surface area contributed by atoms with E-state index in [0.717, 1.165) is 11.1 Å². The average Bonchev–Trinajstić information content (AvgIpc) is 3.43. The molecule has 0 radical (unpaired) electrons. The molecule has 1 spiro atoms. The van der Waals surface area contributed by atoms with Gasteiger partial charge < -0.3 is 15.5 Å². The van der Waals surface area contributed by atoms with E-state index in [1.54, 1.807) is 12.1 Å². The maximum absolute atomic E-state index is 14.0. The zero-order valence-electron chi connectivity index (χ0n) is 19.9. The number of carbonyl (C=O) groups is 3. The van der Waals surface area contributed by atoms with Crippen LogP contribution in [0, 0.1) is 18.8 Å². The van der Waals surface area contributed by atoms with Crippen molar-refractivity contribution in [1.29, 1.82) is 0 Å². The van der Waals surface area contributed by atoms with Gasteiger partial charge in [0.25, 0.3) is 0 Å². The predicted octanol–water partition coefficient (Wildman–Crippen LogP) is 3.22. The molecule has 9 heteroatoms. The molecule has 3 aromatic rings. The van der Waals surface area contributed by atoms with Gasteiger partial charge >= 0.3 is 0 Å². The zero-order chi connectivity index (χ0) is 26.1. The molecule has 4 N–H and O–H groups in total. The summed E-state index contributed by atoms with van der Waals surface area (Å²) in [5.41, 5.74) is 1.79. The summed E-state index contributed by atoms with van der Waals surface area (Å²) in [5.74, 6) is -3.52. The fourth-order valence-electron chi connectivity index (χ4n) is 6.10. The number of phenolic OH excluding ortho intramolecular Hbond substituents is 2. The maximum atomic E-state index is 14.0. The summed E-state index contributed by atoms with van der Waals surface area (Å²) in [6.07, 6.45) is 0.247. The van der Waals surface area contributed by atoms with Gasteiger partial charge in [-0.25, -0.2) is 0 Å². The minimum atomic E-state index is -1.47. The Bertz CT molecular complexity index is 1480. The van der Waals surface area contributed by atoms with E-state index in [9.17, 15) is 24.6 Å². The molecule has 3 aliphatic heterocycles. The zero-order valence-corrected chi connectivity index (χ0v) is 20.6. The lowest BCUT2D eigenvalue weighted by Gasteiger charge is -2.30. The molecule has 3 aliphatic rings. The van der Waals surface area contributed by atoms with Crippen molar-refractivity contribution in [3.8, 4) is 11.5 Å². The Morgan fingerprint density at radius 2 is 1.70 bits per heavy atom. The van der Waals surface area contributed by atoms with Crippen LogP contribution in [-0.2, 0) is 32.9 Å². The van der Waals surface area contributed by atoms with Crippen molar-refractivity contribution in [2.75, 3.05) is 5.32 Å². The van der Waals surface area contributed by atoms with E-state index >= 15 is 0 Å². The van der Waals surface area contributed by atoms with Crippen molar-refractivity contribution in [2.45, 2.75) is 31.5 Å². The summed E-state index contributed by atoms with van der Waals surface area (Å²) in [6, 6.07) is 16.7. The van der Waals surface area contributed by atoms with Crippen molar-refractivity contribution < 1.29 is 24.6 Å². The van der Waals surface area contributed by atoms with Crippen LogP contribution in [-0.4, -0.2) is 38.9 Å². The minimum absolute atomic E-state index is 0.108. The van der Waals surface area contributed by atoms with Crippen molar-refractivity contribution >= 4 is 35.0 Å². The van der Waals surface area contributed by atoms with Gasteiger partial charge in [0.2, 0.25) is 17.7 Å². The lowest BCUT2D eigenvalue weighted by molar-refractivity contribution is -0.143. The molecule has 0 bridgehead atoms. The first-order valence-electron chi connectivity index (χ1n) is 12.0. The number of aryl methyl sites for hydroxylation is 1. The van der Waals surface area contributed by atoms with Gasteiger partial charge in [0.15, 0.2) is 11.5 Å². The molecule has 0 aromatic heterocycles. The van der Waals surface area contributed by atoms with Gasteiger partial charge in [0, 0.05) is 11.6 Å². The molecule has 188 valence electrons. The third-order valence-corrected chi connectivity index (χ3v) is 7.99. The van der Waals surface area contributed by atoms with E-state index in [2.05, 4.69) is 10.6 Å². The Hall–Kier alpha value is -3.88. The summed E-state index contributed by atoms with van der Waals surface area (Å²) in [6.45, 7) is 1.96. The predicted molar refractivity (Wildman–Crippen MR) is 136 cm³/mol. The van der Waals surface area contributed by atoms with Crippen molar-refractivity contribution in [3.05, 3.63) is 87.9 Å². The van der Waals surface area contributed by atoms with Gasteiger partial charge in [-0.3, -0.25) is 24.6 Å². The second-order valence-electron chi connectivity index (χ2n) is 9.96. The quantitative estimate of drug-likeness (QED) is 0.312. The molecule has 2 saturated heterocycles. The number of aromatic hydroxyl groups is 2. The number of carbonyl (C=O) groups excluding carboxylic acids is 3. The number of anilines is 1. The standard InChI is InChI=1S/C28H24ClN3O5/c1-14-9-17-24(18(29)10-14)30-27(37)28(17)23-22(19(31-28)11-16-7-8-20(33)21(34)12-16)25(35)32(26(23)36)13-15-5-3-2-4-6-15/h2-10,12,19,22-23,31,33-34H,11,13H2,1H3,(H,30,37)/t19-,22+,23-,28-/m0/s1. The summed E-state index contributed by atoms with van der Waals surface area (Å²) in [4.78, 5) is 42.7. The molecule has 3 amide bonds. The van der Waals surface area contributed by atoms with E-state index in [1.807, 2.05) is 43.3 Å². The van der Waals surface area contributed by atoms with E-state index in [4.69, 9.17) is 11.6 Å². The van der Waals surface area contributed by atoms with E-state index in [1.165, 1.54) is 17.0 Å². The minimum Gasteiger partial charge on any atom is -0.504 e. The molecule has 3 aromatic carbocycles. The second-order valence-corrected chi connectivity index (χ2v) is 10.4. The maximum Gasteiger partial charge on any atom is 0.250 e. The van der Waals surface area contributed by atoms with Crippen LogP contribution in [0.15, 0.2) is 60.7 Å². The van der Waals surface area contributed by atoms with Crippen LogP contribution in [0.25, 0.3) is 0 Å². The Balaban J connectivity index is 1.47. The Morgan fingerprint density at radius 1 is 0.946 bits per heavy atom. The summed E-state index contributed by atoms with van der Waals surface area (Å²) < 4.78 is 0. The monoisotopic (exact) mass is 517 g/mol. The van der Waals surface area contributed by atoms with E-state index in [-0.39, 0.29) is 30.4 Å². The first kappa shape index (κ1) is 23.5. The van der Waals surface area contributed by atoms with E-state index in [0.29, 0.717) is 21.8 Å². The number of benzene rings is 3. The van der Waals surface area contributed by atoms with Crippen molar-refractivity contribution in [3.63, 3.8) is 0 Å². The Kier molecular flexibility index (Phi) is 5.29. The third-order valence-electron chi connectivity index (χ3n) is 7.69. The van der Waals surface area contributed by atoms with Crippen LogP contribution in [0.1, 0.15) is 22.3 Å². The number of amides is 3. The molecule has 37 heavy (non-hydrogen) atoms. The normalized spacial score (nSPS) is 26.1. The number of phenols is 2. The van der Waals surface area contributed by atoms with Gasteiger partial charge in [-0.1, -0.05) is 54.1 Å². The molecular formula is C28H24ClN3O5. The van der Waals surface area contributed by atoms with Crippen LogP contribution in [0.4, 0.5) is 5.69 Å². The van der Waals surface area contributed by atoms with Gasteiger partial charge in [-0.2, -0.15) is 0 Å². The fourth-order valence-corrected chi connectivity index (χ4v) is 6.42. The highest BCUT2D eigenvalue weighted by Gasteiger charge is 2.70. The number of halogens is 1. The number of fused-ring (bicyclic) bond motifs is 4. The molecule has 8 nitrogen and oxygen atoms in total. The molecule has 0 saturated carbocycles. The number of hydrogen-bond acceptors (Lipinski definition) is 6. The highest BCUT2D eigenvalue weighted by Crippen LogP contribution is 2.55. The topological polar surface area (TPSA) is 119 Å². The molecule has 6 rings (SSSR count). The second kappa shape index (κ2) is 8.33. The van der Waals surface area contributed by atoms with E-state index < -0.39 is 35.2 Å². The summed E-state index contributed by atoms with van der Waals surface area (Å²) in [7, 11) is 0. The average molecular weight is 518 g/mol. The SMILES string of the molecule is Cc1cc(Cl)c2c(c1)[C@@]1(N[C@@H](Cc3ccc(O)c(O)c3)[C@H]3C(=O)N(Cc4ccccc4)C(=O)[C@H]31)C(=O)N2. The third kappa shape index (κ3) is 3.43. The molecule has 3 heterocycles. The molecule has 0 aliphatic carbocycles. The summed E-state index contributed by atoms with van der Waals surface area (Å²) in [5, 5.41) is 26.3. The lowest BCUT2D eigenvalue weighted by atomic mass is 9.76. The van der Waals surface area contributed by atoms with Crippen LogP contribution >= 0.6 is 11.6 Å². The molecule has 0 unspecified atom stereocenters. The number of likely N-dealkylation sites (tertiary alicyclic amines) is 1. The summed E-state index contributed by atoms with van der Waals surface area (Å²) >= 11 is 6.49. The highest BCUT2D eigenvalue weighted by atomic mass is 35.5. The first-order valence-corrected chi connectivity index (χ1v) is 12.4. The van der Waals surface area contributed by atoms with Crippen LogP contribution < -0.4 is 10.6 Å². The number of nitrogens with one attached hydrogen (secondary N) is 2. The molecule has 2 fully saturated rings. The molecular weight excluding hydrogens is 494 g/mol. The fraction of sp³-hybridized carbons (Fsp3) is 0.250. The Labute approximate surface area is 217 Å². The van der Waals surface area contributed by atoms with Crippen LogP contribution in [0.3, 0.4) is 0 Å². The number of imide groups is 1. The molecule has 4 atom stereocenters. The van der Waals surface area contributed by atoms with Gasteiger partial charge in [0.1, 0.15) is 5.54 Å². The largest absolute Gasteiger partial charge is 0.504 e. The van der Waals surface area contributed by atoms with Crippen molar-refractivity contribution in [2.24, 2.45) is 11.8 Å². The van der Waals surface area contributed by atoms with Crippen molar-refractivity contribution in [1.82, 2.24) is 10.2 Å². The first-order chi connectivity index (χ1) is 17.7. The van der Waals surface area contributed by atoms with Gasteiger partial charge in [0.05, 0.1) is 29.1 Å². The highest BCUT2D eigenvalue weighted by molar-refractivity contribution is 6.35. The smallest absolute Gasteiger partial charge is 0.250 e. The Morgan fingerprint density at radius 3 is 2.43 bits per heavy atom. The number of rotatable bonds is 4.